The highest BCUT2D eigenvalue weighted by atomic mass is 16.5. The molecule has 1 heterocycles. The first-order chi connectivity index (χ1) is 8.69. The Kier molecular flexibility index (Phi) is 3.87. The topological polar surface area (TPSA) is 49.9 Å². The van der Waals surface area contributed by atoms with Crippen molar-refractivity contribution in [1.29, 1.82) is 0 Å². The van der Waals surface area contributed by atoms with Crippen LogP contribution in [0.5, 0.6) is 5.75 Å². The minimum atomic E-state index is 0.694. The Morgan fingerprint density at radius 3 is 2.78 bits per heavy atom. The number of ether oxygens (including phenoxy) is 1. The van der Waals surface area contributed by atoms with E-state index in [1.807, 2.05) is 38.2 Å². The molecule has 2 aromatic rings. The van der Waals surface area contributed by atoms with Crippen molar-refractivity contribution < 1.29 is 4.74 Å². The van der Waals surface area contributed by atoms with Gasteiger partial charge in [-0.25, -0.2) is 4.98 Å². The molecule has 0 radical (unpaired) electrons. The van der Waals surface area contributed by atoms with Gasteiger partial charge in [0.2, 0.25) is 0 Å². The van der Waals surface area contributed by atoms with Gasteiger partial charge in [-0.3, -0.25) is 0 Å². The van der Waals surface area contributed by atoms with Gasteiger partial charge >= 0.3 is 0 Å². The first-order valence-electron chi connectivity index (χ1n) is 6.17. The summed E-state index contributed by atoms with van der Waals surface area (Å²) in [5, 5.41) is 3.39. The molecule has 0 atom stereocenters. The highest BCUT2D eigenvalue weighted by molar-refractivity contribution is 5.53. The molecular formula is C14H19N3O. The Morgan fingerprint density at radius 2 is 2.17 bits per heavy atom. The van der Waals surface area contributed by atoms with Crippen molar-refractivity contribution in [2.45, 2.75) is 27.3 Å². The first-order valence-corrected chi connectivity index (χ1v) is 6.17. The van der Waals surface area contributed by atoms with Gasteiger partial charge in [-0.05, 0) is 44.5 Å². The fourth-order valence-corrected chi connectivity index (χ4v) is 1.84. The fraction of sp³-hybridized carbons (Fsp3) is 0.357. The molecule has 0 unspecified atom stereocenters. The Labute approximate surface area is 107 Å². The molecule has 2 N–H and O–H groups in total. The van der Waals surface area contributed by atoms with Gasteiger partial charge in [-0.2, -0.15) is 0 Å². The zero-order valence-electron chi connectivity index (χ0n) is 11.1. The van der Waals surface area contributed by atoms with E-state index in [1.165, 1.54) is 5.56 Å². The Bertz CT molecular complexity index is 520. The molecule has 0 amide bonds. The van der Waals surface area contributed by atoms with E-state index in [1.54, 1.807) is 0 Å². The highest BCUT2D eigenvalue weighted by Crippen LogP contribution is 2.21. The molecule has 0 spiro atoms. The molecule has 0 saturated heterocycles. The molecule has 1 aromatic heterocycles. The average molecular weight is 245 g/mol. The number of benzene rings is 1. The van der Waals surface area contributed by atoms with Crippen LogP contribution in [0.15, 0.2) is 24.4 Å². The van der Waals surface area contributed by atoms with E-state index >= 15 is 0 Å². The minimum Gasteiger partial charge on any atom is -0.494 e. The van der Waals surface area contributed by atoms with E-state index in [0.717, 1.165) is 29.5 Å². The summed E-state index contributed by atoms with van der Waals surface area (Å²) in [5.74, 6) is 1.85. The summed E-state index contributed by atoms with van der Waals surface area (Å²) in [6.07, 6.45) is 1.85. The van der Waals surface area contributed by atoms with Gasteiger partial charge in [0, 0.05) is 5.69 Å². The average Bonchev–Trinajstić information content (AvgIpc) is 2.74. The number of aryl methyl sites for hydroxylation is 2. The van der Waals surface area contributed by atoms with Crippen molar-refractivity contribution in [3.63, 3.8) is 0 Å². The van der Waals surface area contributed by atoms with Gasteiger partial charge in [0.05, 0.1) is 25.0 Å². The minimum absolute atomic E-state index is 0.694. The Morgan fingerprint density at radius 1 is 1.33 bits per heavy atom. The summed E-state index contributed by atoms with van der Waals surface area (Å²) in [7, 11) is 0. The predicted molar refractivity (Wildman–Crippen MR) is 73.0 cm³/mol. The maximum Gasteiger partial charge on any atom is 0.119 e. The molecule has 1 aromatic carbocycles. The van der Waals surface area contributed by atoms with Crippen molar-refractivity contribution in [3.05, 3.63) is 41.5 Å². The van der Waals surface area contributed by atoms with Crippen molar-refractivity contribution in [3.8, 4) is 5.75 Å². The summed E-state index contributed by atoms with van der Waals surface area (Å²) >= 11 is 0. The molecular weight excluding hydrogens is 226 g/mol. The zero-order valence-corrected chi connectivity index (χ0v) is 11.1. The third-order valence-corrected chi connectivity index (χ3v) is 2.73. The van der Waals surface area contributed by atoms with Crippen molar-refractivity contribution in [2.24, 2.45) is 0 Å². The number of aromatic nitrogens is 2. The summed E-state index contributed by atoms with van der Waals surface area (Å²) in [5.41, 5.74) is 3.38. The third kappa shape index (κ3) is 3.03. The van der Waals surface area contributed by atoms with Gasteiger partial charge < -0.3 is 15.0 Å². The van der Waals surface area contributed by atoms with Gasteiger partial charge in [-0.1, -0.05) is 0 Å². The van der Waals surface area contributed by atoms with E-state index in [2.05, 4.69) is 22.2 Å². The SMILES string of the molecule is CCOc1ccc(NCc2cnc(C)[nH]2)c(C)c1. The van der Waals surface area contributed by atoms with E-state index in [4.69, 9.17) is 4.74 Å². The van der Waals surface area contributed by atoms with E-state index in [0.29, 0.717) is 6.61 Å². The lowest BCUT2D eigenvalue weighted by molar-refractivity contribution is 0.340. The smallest absolute Gasteiger partial charge is 0.119 e. The molecule has 96 valence electrons. The first kappa shape index (κ1) is 12.5. The van der Waals surface area contributed by atoms with Crippen LogP contribution < -0.4 is 10.1 Å². The van der Waals surface area contributed by atoms with Crippen molar-refractivity contribution >= 4 is 5.69 Å². The quantitative estimate of drug-likeness (QED) is 0.851. The van der Waals surface area contributed by atoms with E-state index in [9.17, 15) is 0 Å². The molecule has 0 aliphatic heterocycles. The summed E-state index contributed by atoms with van der Waals surface area (Å²) < 4.78 is 5.46. The molecule has 0 aliphatic carbocycles. The number of imidazole rings is 1. The lowest BCUT2D eigenvalue weighted by Crippen LogP contribution is -2.02. The molecule has 4 nitrogen and oxygen atoms in total. The number of H-pyrrole nitrogens is 1. The molecule has 18 heavy (non-hydrogen) atoms. The highest BCUT2D eigenvalue weighted by Gasteiger charge is 2.02. The van der Waals surface area contributed by atoms with Gasteiger partial charge in [0.15, 0.2) is 0 Å². The van der Waals surface area contributed by atoms with Crippen LogP contribution in [0.25, 0.3) is 0 Å². The van der Waals surface area contributed by atoms with Crippen LogP contribution in [-0.4, -0.2) is 16.6 Å². The fourth-order valence-electron chi connectivity index (χ4n) is 1.84. The lowest BCUT2D eigenvalue weighted by atomic mass is 10.2. The van der Waals surface area contributed by atoms with Gasteiger partial charge in [0.25, 0.3) is 0 Å². The number of nitrogens with zero attached hydrogens (tertiary/aromatic N) is 1. The number of aromatic amines is 1. The summed E-state index contributed by atoms with van der Waals surface area (Å²) in [6.45, 7) is 7.45. The Balaban J connectivity index is 2.01. The normalized spacial score (nSPS) is 10.4. The van der Waals surface area contributed by atoms with E-state index < -0.39 is 0 Å². The molecule has 4 heteroatoms. The third-order valence-electron chi connectivity index (χ3n) is 2.73. The molecule has 0 saturated carbocycles. The maximum absolute atomic E-state index is 5.46. The number of hydrogen-bond donors (Lipinski definition) is 2. The lowest BCUT2D eigenvalue weighted by Gasteiger charge is -2.10. The number of nitrogens with one attached hydrogen (secondary N) is 2. The maximum atomic E-state index is 5.46. The number of anilines is 1. The number of hydrogen-bond acceptors (Lipinski definition) is 3. The molecule has 0 aliphatic rings. The molecule has 0 fully saturated rings. The van der Waals surface area contributed by atoms with Gasteiger partial charge in [0.1, 0.15) is 11.6 Å². The second-order valence-electron chi connectivity index (χ2n) is 4.26. The van der Waals surface area contributed by atoms with Crippen molar-refractivity contribution in [1.82, 2.24) is 9.97 Å². The van der Waals surface area contributed by atoms with Crippen LogP contribution in [0.3, 0.4) is 0 Å². The second-order valence-corrected chi connectivity index (χ2v) is 4.26. The van der Waals surface area contributed by atoms with Crippen LogP contribution in [0.1, 0.15) is 24.0 Å². The molecule has 2 rings (SSSR count). The van der Waals surface area contributed by atoms with E-state index in [-0.39, 0.29) is 0 Å². The predicted octanol–water partition coefficient (Wildman–Crippen LogP) is 3.04. The number of rotatable bonds is 5. The van der Waals surface area contributed by atoms with Crippen LogP contribution in [0, 0.1) is 13.8 Å². The largest absolute Gasteiger partial charge is 0.494 e. The van der Waals surface area contributed by atoms with Crippen LogP contribution in [0.2, 0.25) is 0 Å². The summed E-state index contributed by atoms with van der Waals surface area (Å²) in [4.78, 5) is 7.37. The van der Waals surface area contributed by atoms with Crippen molar-refractivity contribution in [2.75, 3.05) is 11.9 Å². The zero-order chi connectivity index (χ0) is 13.0. The summed E-state index contributed by atoms with van der Waals surface area (Å²) in [6, 6.07) is 6.07. The molecule has 0 bridgehead atoms. The van der Waals surface area contributed by atoms with Crippen LogP contribution in [-0.2, 0) is 6.54 Å². The van der Waals surface area contributed by atoms with Crippen LogP contribution in [0.4, 0.5) is 5.69 Å². The monoisotopic (exact) mass is 245 g/mol. The van der Waals surface area contributed by atoms with Crippen LogP contribution >= 0.6 is 0 Å². The standard InChI is InChI=1S/C14H19N3O/c1-4-18-13-5-6-14(10(2)7-13)16-9-12-8-15-11(3)17-12/h5-8,16H,4,9H2,1-3H3,(H,15,17). The Hall–Kier alpha value is -1.97. The second kappa shape index (κ2) is 5.58. The van der Waals surface area contributed by atoms with Gasteiger partial charge in [-0.15, -0.1) is 0 Å².